The lowest BCUT2D eigenvalue weighted by Gasteiger charge is -2.28. The molecule has 0 atom stereocenters. The van der Waals surface area contributed by atoms with E-state index < -0.39 is 15.6 Å². The highest BCUT2D eigenvalue weighted by atomic mass is 79.9. The third kappa shape index (κ3) is 3.24. The highest BCUT2D eigenvalue weighted by molar-refractivity contribution is 9.10. The average Bonchev–Trinajstić information content (AvgIpc) is 2.79. The third-order valence-electron chi connectivity index (χ3n) is 3.89. The van der Waals surface area contributed by atoms with Crippen LogP contribution in [-0.4, -0.2) is 37.0 Å². The van der Waals surface area contributed by atoms with Crippen molar-refractivity contribution < 1.29 is 13.5 Å². The molecule has 112 valence electrons. The van der Waals surface area contributed by atoms with Gasteiger partial charge in [0.05, 0.1) is 10.5 Å². The van der Waals surface area contributed by atoms with Gasteiger partial charge in [-0.1, -0.05) is 28.8 Å². The molecular formula is C14H20BrNO3S. The Morgan fingerprint density at radius 2 is 1.95 bits per heavy atom. The Kier molecular flexibility index (Phi) is 4.59. The predicted octanol–water partition coefficient (Wildman–Crippen LogP) is 2.68. The zero-order valence-corrected chi connectivity index (χ0v) is 14.2. The molecule has 6 heteroatoms. The number of aryl methyl sites for hydroxylation is 1. The second-order valence-electron chi connectivity index (χ2n) is 5.60. The van der Waals surface area contributed by atoms with Crippen molar-refractivity contribution >= 4 is 26.0 Å². The molecule has 1 aliphatic rings. The summed E-state index contributed by atoms with van der Waals surface area (Å²) >= 11 is 3.36. The van der Waals surface area contributed by atoms with E-state index in [1.165, 1.54) is 11.4 Å². The lowest BCUT2D eigenvalue weighted by Crippen LogP contribution is -2.41. The van der Waals surface area contributed by atoms with Crippen molar-refractivity contribution in [2.24, 2.45) is 0 Å². The number of nitrogens with zero attached hydrogens (tertiary/aromatic N) is 1. The van der Waals surface area contributed by atoms with E-state index in [9.17, 15) is 13.5 Å². The SMILES string of the molecule is Cc1cc(S(=O)(=O)N(C)CC2(O)CCCC2)ccc1Br. The van der Waals surface area contributed by atoms with Crippen LogP contribution in [0.4, 0.5) is 0 Å². The van der Waals surface area contributed by atoms with E-state index in [-0.39, 0.29) is 11.4 Å². The van der Waals surface area contributed by atoms with Crippen LogP contribution >= 0.6 is 15.9 Å². The Labute approximate surface area is 129 Å². The fraction of sp³-hybridized carbons (Fsp3) is 0.571. The van der Waals surface area contributed by atoms with Gasteiger partial charge in [-0.2, -0.15) is 4.31 Å². The number of benzene rings is 1. The van der Waals surface area contributed by atoms with E-state index in [0.717, 1.165) is 22.9 Å². The minimum atomic E-state index is -3.55. The number of rotatable bonds is 4. The Hall–Kier alpha value is -0.430. The zero-order chi connectivity index (χ0) is 15.0. The molecule has 0 amide bonds. The first-order valence-corrected chi connectivity index (χ1v) is 8.93. The van der Waals surface area contributed by atoms with E-state index in [1.807, 2.05) is 6.92 Å². The van der Waals surface area contributed by atoms with Gasteiger partial charge >= 0.3 is 0 Å². The van der Waals surface area contributed by atoms with Gasteiger partial charge in [-0.05, 0) is 43.5 Å². The largest absolute Gasteiger partial charge is 0.389 e. The summed E-state index contributed by atoms with van der Waals surface area (Å²) in [6, 6.07) is 4.97. The first-order valence-electron chi connectivity index (χ1n) is 6.69. The van der Waals surface area contributed by atoms with Crippen molar-refractivity contribution in [3.8, 4) is 0 Å². The molecular weight excluding hydrogens is 342 g/mol. The maximum Gasteiger partial charge on any atom is 0.242 e. The van der Waals surface area contributed by atoms with Crippen LogP contribution < -0.4 is 0 Å². The van der Waals surface area contributed by atoms with Gasteiger partial charge in [0.1, 0.15) is 0 Å². The smallest absolute Gasteiger partial charge is 0.242 e. The quantitative estimate of drug-likeness (QED) is 0.896. The highest BCUT2D eigenvalue weighted by Gasteiger charge is 2.35. The molecule has 0 aliphatic heterocycles. The molecule has 0 bridgehead atoms. The van der Waals surface area contributed by atoms with Crippen LogP contribution in [0, 0.1) is 6.92 Å². The molecule has 1 aromatic carbocycles. The highest BCUT2D eigenvalue weighted by Crippen LogP contribution is 2.31. The van der Waals surface area contributed by atoms with Crippen molar-refractivity contribution in [1.29, 1.82) is 0 Å². The number of likely N-dealkylation sites (N-methyl/N-ethyl adjacent to an activating group) is 1. The van der Waals surface area contributed by atoms with Crippen molar-refractivity contribution in [2.75, 3.05) is 13.6 Å². The summed E-state index contributed by atoms with van der Waals surface area (Å²) in [5.74, 6) is 0. The van der Waals surface area contributed by atoms with Crippen LogP contribution in [0.2, 0.25) is 0 Å². The summed E-state index contributed by atoms with van der Waals surface area (Å²) in [6.45, 7) is 2.01. The van der Waals surface area contributed by atoms with Crippen LogP contribution in [0.3, 0.4) is 0 Å². The summed E-state index contributed by atoms with van der Waals surface area (Å²) in [6.07, 6.45) is 3.27. The number of hydrogen-bond acceptors (Lipinski definition) is 3. The molecule has 0 radical (unpaired) electrons. The number of hydrogen-bond donors (Lipinski definition) is 1. The molecule has 0 saturated heterocycles. The van der Waals surface area contributed by atoms with E-state index in [1.54, 1.807) is 18.2 Å². The van der Waals surface area contributed by atoms with Gasteiger partial charge in [0, 0.05) is 18.1 Å². The topological polar surface area (TPSA) is 57.6 Å². The first kappa shape index (κ1) is 15.9. The Bertz CT molecular complexity index is 594. The Morgan fingerprint density at radius 1 is 1.35 bits per heavy atom. The van der Waals surface area contributed by atoms with Crippen molar-refractivity contribution in [2.45, 2.75) is 43.1 Å². The molecule has 1 aromatic rings. The van der Waals surface area contributed by atoms with Gasteiger partial charge < -0.3 is 5.11 Å². The van der Waals surface area contributed by atoms with Crippen LogP contribution in [0.25, 0.3) is 0 Å². The van der Waals surface area contributed by atoms with Crippen LogP contribution in [-0.2, 0) is 10.0 Å². The van der Waals surface area contributed by atoms with Gasteiger partial charge in [-0.15, -0.1) is 0 Å². The number of halogens is 1. The van der Waals surface area contributed by atoms with Gasteiger partial charge in [0.2, 0.25) is 10.0 Å². The second kappa shape index (κ2) is 5.75. The summed E-state index contributed by atoms with van der Waals surface area (Å²) in [5, 5.41) is 10.4. The summed E-state index contributed by atoms with van der Waals surface area (Å²) < 4.78 is 27.2. The van der Waals surface area contributed by atoms with Crippen LogP contribution in [0.5, 0.6) is 0 Å². The van der Waals surface area contributed by atoms with Gasteiger partial charge in [0.25, 0.3) is 0 Å². The summed E-state index contributed by atoms with van der Waals surface area (Å²) in [7, 11) is -2.02. The van der Waals surface area contributed by atoms with E-state index >= 15 is 0 Å². The maximum atomic E-state index is 12.5. The molecule has 0 spiro atoms. The molecule has 1 N–H and O–H groups in total. The Morgan fingerprint density at radius 3 is 2.50 bits per heavy atom. The third-order valence-corrected chi connectivity index (χ3v) is 6.58. The zero-order valence-electron chi connectivity index (χ0n) is 11.8. The van der Waals surface area contributed by atoms with Crippen molar-refractivity contribution in [3.63, 3.8) is 0 Å². The molecule has 0 aromatic heterocycles. The minimum Gasteiger partial charge on any atom is -0.389 e. The summed E-state index contributed by atoms with van der Waals surface area (Å²) in [5.41, 5.74) is 0.00530. The molecule has 1 aliphatic carbocycles. The molecule has 4 nitrogen and oxygen atoms in total. The van der Waals surface area contributed by atoms with Crippen LogP contribution in [0.15, 0.2) is 27.6 Å². The molecule has 20 heavy (non-hydrogen) atoms. The number of sulfonamides is 1. The maximum absolute atomic E-state index is 12.5. The lowest BCUT2D eigenvalue weighted by molar-refractivity contribution is 0.0333. The van der Waals surface area contributed by atoms with E-state index in [2.05, 4.69) is 15.9 Å². The van der Waals surface area contributed by atoms with Crippen LogP contribution in [0.1, 0.15) is 31.2 Å². The Balaban J connectivity index is 2.22. The minimum absolute atomic E-state index is 0.157. The van der Waals surface area contributed by atoms with E-state index in [0.29, 0.717) is 12.8 Å². The normalized spacial score (nSPS) is 18.6. The number of aliphatic hydroxyl groups is 1. The van der Waals surface area contributed by atoms with Gasteiger partial charge in [-0.25, -0.2) is 8.42 Å². The fourth-order valence-corrected chi connectivity index (χ4v) is 4.23. The lowest BCUT2D eigenvalue weighted by atomic mass is 10.0. The summed E-state index contributed by atoms with van der Waals surface area (Å²) in [4.78, 5) is 0.266. The molecule has 0 unspecified atom stereocenters. The van der Waals surface area contributed by atoms with E-state index in [4.69, 9.17) is 0 Å². The van der Waals surface area contributed by atoms with Crippen molar-refractivity contribution in [1.82, 2.24) is 4.31 Å². The average molecular weight is 362 g/mol. The molecule has 0 heterocycles. The van der Waals surface area contributed by atoms with Gasteiger partial charge in [0.15, 0.2) is 0 Å². The first-order chi connectivity index (χ1) is 9.24. The van der Waals surface area contributed by atoms with Gasteiger partial charge in [-0.3, -0.25) is 0 Å². The molecule has 2 rings (SSSR count). The second-order valence-corrected chi connectivity index (χ2v) is 8.50. The molecule has 1 saturated carbocycles. The monoisotopic (exact) mass is 361 g/mol. The fourth-order valence-electron chi connectivity index (χ4n) is 2.65. The molecule has 1 fully saturated rings. The van der Waals surface area contributed by atoms with Crippen molar-refractivity contribution in [3.05, 3.63) is 28.2 Å². The standard InChI is InChI=1S/C14H20BrNO3S/c1-11-9-12(5-6-13(11)15)20(18,19)16(2)10-14(17)7-3-4-8-14/h5-6,9,17H,3-4,7-8,10H2,1-2H3. The predicted molar refractivity (Wildman–Crippen MR) is 82.1 cm³/mol.